The number of hydrogen-bond acceptors (Lipinski definition) is 5. The van der Waals surface area contributed by atoms with Crippen molar-refractivity contribution in [2.75, 3.05) is 6.54 Å². The number of hydrogen-bond donors (Lipinski definition) is 1. The van der Waals surface area contributed by atoms with Crippen molar-refractivity contribution < 1.29 is 0 Å². The number of nitrogens with one attached hydrogen (secondary N) is 1. The highest BCUT2D eigenvalue weighted by Crippen LogP contribution is 2.14. The van der Waals surface area contributed by atoms with Gasteiger partial charge in [-0.15, -0.1) is 10.2 Å². The third-order valence-corrected chi connectivity index (χ3v) is 2.47. The number of aromatic nitrogens is 5. The summed E-state index contributed by atoms with van der Waals surface area (Å²) in [5.41, 5.74) is 1.14. The predicted molar refractivity (Wildman–Crippen MR) is 63.2 cm³/mol. The van der Waals surface area contributed by atoms with E-state index in [4.69, 9.17) is 0 Å². The quantitative estimate of drug-likeness (QED) is 0.813. The van der Waals surface area contributed by atoms with E-state index in [2.05, 4.69) is 38.7 Å². The Morgan fingerprint density at radius 3 is 2.94 bits per heavy atom. The van der Waals surface area contributed by atoms with Gasteiger partial charge in [0.1, 0.15) is 0 Å². The zero-order chi connectivity index (χ0) is 12.1. The molecule has 0 aliphatic carbocycles. The topological polar surface area (TPSA) is 68.5 Å². The minimum atomic E-state index is 0.179. The minimum Gasteiger partial charge on any atom is -0.310 e. The van der Waals surface area contributed by atoms with Crippen molar-refractivity contribution in [2.24, 2.45) is 7.05 Å². The summed E-state index contributed by atoms with van der Waals surface area (Å²) in [4.78, 5) is 5.61. The Kier molecular flexibility index (Phi) is 3.77. The van der Waals surface area contributed by atoms with Crippen LogP contribution in [0.15, 0.2) is 24.5 Å². The molecule has 17 heavy (non-hydrogen) atoms. The Bertz CT molecular complexity index is 452. The third kappa shape index (κ3) is 3.07. The van der Waals surface area contributed by atoms with Crippen molar-refractivity contribution in [1.82, 2.24) is 30.5 Å². The van der Waals surface area contributed by atoms with Crippen LogP contribution in [0.4, 0.5) is 0 Å². The SMILES string of the molecule is CCNC(Cc1nnn(C)n1)c1cccnc1. The molecule has 1 N–H and O–H groups in total. The molecule has 0 aliphatic rings. The van der Waals surface area contributed by atoms with Gasteiger partial charge in [-0.25, -0.2) is 0 Å². The first-order valence-electron chi connectivity index (χ1n) is 5.65. The molecule has 0 radical (unpaired) electrons. The van der Waals surface area contributed by atoms with Crippen molar-refractivity contribution in [3.8, 4) is 0 Å². The maximum absolute atomic E-state index is 4.19. The zero-order valence-electron chi connectivity index (χ0n) is 10.0. The largest absolute Gasteiger partial charge is 0.310 e. The first-order chi connectivity index (χ1) is 8.29. The molecule has 0 saturated carbocycles. The molecule has 1 atom stereocenters. The number of likely N-dealkylation sites (N-methyl/N-ethyl adjacent to an activating group) is 1. The second kappa shape index (κ2) is 5.49. The lowest BCUT2D eigenvalue weighted by Gasteiger charge is -2.15. The van der Waals surface area contributed by atoms with Gasteiger partial charge in [0.2, 0.25) is 0 Å². The van der Waals surface area contributed by atoms with Gasteiger partial charge >= 0.3 is 0 Å². The molecule has 0 aromatic carbocycles. The summed E-state index contributed by atoms with van der Waals surface area (Å²) in [6, 6.07) is 4.17. The highest BCUT2D eigenvalue weighted by molar-refractivity contribution is 5.15. The summed E-state index contributed by atoms with van der Waals surface area (Å²) in [5, 5.41) is 15.4. The summed E-state index contributed by atoms with van der Waals surface area (Å²) in [6.07, 6.45) is 4.35. The fourth-order valence-corrected chi connectivity index (χ4v) is 1.72. The van der Waals surface area contributed by atoms with Gasteiger partial charge in [0.15, 0.2) is 5.82 Å². The first kappa shape index (κ1) is 11.7. The monoisotopic (exact) mass is 232 g/mol. The molecular weight excluding hydrogens is 216 g/mol. The molecule has 6 heteroatoms. The van der Waals surface area contributed by atoms with Crippen LogP contribution >= 0.6 is 0 Å². The second-order valence-electron chi connectivity index (χ2n) is 3.80. The van der Waals surface area contributed by atoms with Crippen LogP contribution in [0.2, 0.25) is 0 Å². The highest BCUT2D eigenvalue weighted by atomic mass is 15.6. The second-order valence-corrected chi connectivity index (χ2v) is 3.80. The van der Waals surface area contributed by atoms with E-state index in [0.29, 0.717) is 6.42 Å². The van der Waals surface area contributed by atoms with Gasteiger partial charge in [-0.3, -0.25) is 4.98 Å². The summed E-state index contributed by atoms with van der Waals surface area (Å²) in [6.45, 7) is 2.97. The van der Waals surface area contributed by atoms with Gasteiger partial charge < -0.3 is 5.32 Å². The van der Waals surface area contributed by atoms with Crippen LogP contribution in [-0.4, -0.2) is 31.7 Å². The van der Waals surface area contributed by atoms with E-state index < -0.39 is 0 Å². The summed E-state index contributed by atoms with van der Waals surface area (Å²) in [7, 11) is 1.77. The molecule has 0 bridgehead atoms. The van der Waals surface area contributed by atoms with Crippen molar-refractivity contribution >= 4 is 0 Å². The molecule has 1 unspecified atom stereocenters. The Morgan fingerprint density at radius 2 is 2.35 bits per heavy atom. The van der Waals surface area contributed by atoms with E-state index >= 15 is 0 Å². The zero-order valence-corrected chi connectivity index (χ0v) is 10.0. The van der Waals surface area contributed by atoms with Gasteiger partial charge in [-0.1, -0.05) is 13.0 Å². The Labute approximate surface area is 100 Å². The number of rotatable bonds is 5. The van der Waals surface area contributed by atoms with Crippen molar-refractivity contribution in [2.45, 2.75) is 19.4 Å². The van der Waals surface area contributed by atoms with Crippen LogP contribution in [0.25, 0.3) is 0 Å². The average molecular weight is 232 g/mol. The summed E-state index contributed by atoms with van der Waals surface area (Å²) >= 11 is 0. The van der Waals surface area contributed by atoms with E-state index in [0.717, 1.165) is 17.9 Å². The maximum atomic E-state index is 4.19. The summed E-state index contributed by atoms with van der Waals surface area (Å²) < 4.78 is 0. The minimum absolute atomic E-state index is 0.179. The predicted octanol–water partition coefficient (Wildman–Crippen LogP) is 0.498. The Morgan fingerprint density at radius 1 is 1.47 bits per heavy atom. The van der Waals surface area contributed by atoms with Crippen LogP contribution in [0.5, 0.6) is 0 Å². The number of pyridine rings is 1. The lowest BCUT2D eigenvalue weighted by molar-refractivity contribution is 0.533. The molecule has 0 fully saturated rings. The maximum Gasteiger partial charge on any atom is 0.176 e. The van der Waals surface area contributed by atoms with Gasteiger partial charge in [0.05, 0.1) is 7.05 Å². The third-order valence-electron chi connectivity index (χ3n) is 2.47. The molecule has 0 saturated heterocycles. The lowest BCUT2D eigenvalue weighted by Crippen LogP contribution is -2.23. The molecule has 2 heterocycles. The Hall–Kier alpha value is -1.82. The molecule has 0 spiro atoms. The average Bonchev–Trinajstić information content (AvgIpc) is 2.75. The van der Waals surface area contributed by atoms with Gasteiger partial charge in [-0.05, 0) is 23.4 Å². The molecular formula is C11H16N6. The normalized spacial score (nSPS) is 12.6. The van der Waals surface area contributed by atoms with E-state index in [9.17, 15) is 0 Å². The van der Waals surface area contributed by atoms with E-state index in [-0.39, 0.29) is 6.04 Å². The smallest absolute Gasteiger partial charge is 0.176 e. The fraction of sp³-hybridized carbons (Fsp3) is 0.455. The molecule has 0 amide bonds. The van der Waals surface area contributed by atoms with Crippen LogP contribution in [0, 0.1) is 0 Å². The number of tetrazole rings is 1. The first-order valence-corrected chi connectivity index (χ1v) is 5.65. The van der Waals surface area contributed by atoms with Crippen molar-refractivity contribution in [1.29, 1.82) is 0 Å². The molecule has 2 rings (SSSR count). The number of aryl methyl sites for hydroxylation is 1. The van der Waals surface area contributed by atoms with Crippen molar-refractivity contribution in [3.05, 3.63) is 35.9 Å². The van der Waals surface area contributed by atoms with Crippen molar-refractivity contribution in [3.63, 3.8) is 0 Å². The molecule has 2 aromatic rings. The summed E-state index contributed by atoms with van der Waals surface area (Å²) in [5.74, 6) is 0.738. The Balaban J connectivity index is 2.13. The molecule has 6 nitrogen and oxygen atoms in total. The highest BCUT2D eigenvalue weighted by Gasteiger charge is 2.14. The van der Waals surface area contributed by atoms with E-state index in [1.54, 1.807) is 13.2 Å². The van der Waals surface area contributed by atoms with E-state index in [1.807, 2.05) is 12.3 Å². The fourth-order valence-electron chi connectivity index (χ4n) is 1.72. The van der Waals surface area contributed by atoms with Crippen LogP contribution < -0.4 is 5.32 Å². The van der Waals surface area contributed by atoms with E-state index in [1.165, 1.54) is 4.80 Å². The molecule has 2 aromatic heterocycles. The number of nitrogens with zero attached hydrogens (tertiary/aromatic N) is 5. The van der Waals surface area contributed by atoms with Crippen LogP contribution in [0.3, 0.4) is 0 Å². The van der Waals surface area contributed by atoms with Gasteiger partial charge in [0.25, 0.3) is 0 Å². The molecule has 90 valence electrons. The van der Waals surface area contributed by atoms with Crippen LogP contribution in [-0.2, 0) is 13.5 Å². The van der Waals surface area contributed by atoms with Crippen LogP contribution in [0.1, 0.15) is 24.4 Å². The van der Waals surface area contributed by atoms with Gasteiger partial charge in [0, 0.05) is 24.9 Å². The molecule has 0 aliphatic heterocycles. The van der Waals surface area contributed by atoms with Gasteiger partial charge in [-0.2, -0.15) is 4.80 Å². The standard InChI is InChI=1S/C11H16N6/c1-3-13-10(9-5-4-6-12-8-9)7-11-14-16-17(2)15-11/h4-6,8,10,13H,3,7H2,1-2H3. The lowest BCUT2D eigenvalue weighted by atomic mass is 10.1.